The predicted octanol–water partition coefficient (Wildman–Crippen LogP) is 0.394. The van der Waals surface area contributed by atoms with Gasteiger partial charge < -0.3 is 18.9 Å². The Hall–Kier alpha value is -2.26. The molecule has 1 amide bonds. The van der Waals surface area contributed by atoms with Gasteiger partial charge in [-0.05, 0) is 13.3 Å². The lowest BCUT2D eigenvalue weighted by atomic mass is 10.0. The highest BCUT2D eigenvalue weighted by molar-refractivity contribution is 5.77. The predicted molar refractivity (Wildman–Crippen MR) is 88.7 cm³/mol. The molecule has 25 heavy (non-hydrogen) atoms. The van der Waals surface area contributed by atoms with Crippen LogP contribution in [0.1, 0.15) is 29.8 Å². The summed E-state index contributed by atoms with van der Waals surface area (Å²) in [6.45, 7) is 3.34. The van der Waals surface area contributed by atoms with Crippen LogP contribution in [0.5, 0.6) is 0 Å². The van der Waals surface area contributed by atoms with Crippen LogP contribution in [-0.4, -0.2) is 68.4 Å². The lowest BCUT2D eigenvalue weighted by Crippen LogP contribution is -2.38. The molecule has 9 nitrogen and oxygen atoms in total. The number of carbonyl (C=O) groups is 1. The van der Waals surface area contributed by atoms with Crippen molar-refractivity contribution >= 4 is 5.91 Å². The molecule has 0 aromatic carbocycles. The minimum Gasteiger partial charge on any atom is -0.376 e. The van der Waals surface area contributed by atoms with Crippen LogP contribution < -0.4 is 0 Å². The summed E-state index contributed by atoms with van der Waals surface area (Å²) in [7, 11) is 3.65. The van der Waals surface area contributed by atoms with Crippen LogP contribution >= 0.6 is 0 Å². The minimum absolute atomic E-state index is 0.0144. The highest BCUT2D eigenvalue weighted by Crippen LogP contribution is 2.29. The lowest BCUT2D eigenvalue weighted by Gasteiger charge is -2.23. The van der Waals surface area contributed by atoms with E-state index in [0.717, 1.165) is 23.9 Å². The fraction of sp³-hybridized carbons (Fsp3) is 0.625. The molecule has 0 radical (unpaired) electrons. The summed E-state index contributed by atoms with van der Waals surface area (Å²) < 4.78 is 13.1. The van der Waals surface area contributed by atoms with Crippen LogP contribution in [-0.2, 0) is 27.9 Å². The van der Waals surface area contributed by atoms with Crippen molar-refractivity contribution in [2.75, 3.05) is 26.8 Å². The smallest absolute Gasteiger partial charge is 0.248 e. The van der Waals surface area contributed by atoms with Crippen LogP contribution in [0, 0.1) is 6.92 Å². The topological polar surface area (TPSA) is 98.2 Å². The maximum Gasteiger partial charge on any atom is 0.248 e. The number of aromatic nitrogens is 5. The highest BCUT2D eigenvalue weighted by Gasteiger charge is 2.34. The Bertz CT molecular complexity index is 712. The van der Waals surface area contributed by atoms with Gasteiger partial charge in [0.05, 0.1) is 12.0 Å². The molecule has 0 aliphatic carbocycles. The first-order valence-corrected chi connectivity index (χ1v) is 8.33. The highest BCUT2D eigenvalue weighted by atomic mass is 16.5. The molecule has 0 saturated carbocycles. The van der Waals surface area contributed by atoms with Crippen molar-refractivity contribution in [2.45, 2.75) is 32.0 Å². The summed E-state index contributed by atoms with van der Waals surface area (Å²) in [5.74, 6) is 2.34. The summed E-state index contributed by atoms with van der Waals surface area (Å²) in [4.78, 5) is 22.5. The average Bonchev–Trinajstić information content (AvgIpc) is 3.29. The number of rotatable bonds is 7. The Labute approximate surface area is 146 Å². The van der Waals surface area contributed by atoms with E-state index in [1.54, 1.807) is 18.1 Å². The first-order chi connectivity index (χ1) is 12.0. The lowest BCUT2D eigenvalue weighted by molar-refractivity contribution is -0.136. The maximum absolute atomic E-state index is 12.3. The third-order valence-corrected chi connectivity index (χ3v) is 4.41. The molecule has 3 heterocycles. The molecule has 1 N–H and O–H groups in total. The van der Waals surface area contributed by atoms with Gasteiger partial charge in [-0.25, -0.2) is 9.97 Å². The summed E-state index contributed by atoms with van der Waals surface area (Å²) in [5, 5.41) is 7.10. The van der Waals surface area contributed by atoms with E-state index in [9.17, 15) is 4.79 Å². The van der Waals surface area contributed by atoms with Crippen LogP contribution in [0.3, 0.4) is 0 Å². The van der Waals surface area contributed by atoms with Crippen molar-refractivity contribution in [3.05, 3.63) is 29.9 Å². The second-order valence-electron chi connectivity index (χ2n) is 6.30. The molecule has 1 aliphatic heterocycles. The number of imidazole rings is 1. The third kappa shape index (κ3) is 4.23. The fourth-order valence-corrected chi connectivity index (χ4v) is 2.90. The zero-order valence-corrected chi connectivity index (χ0v) is 14.8. The largest absolute Gasteiger partial charge is 0.376 e. The monoisotopic (exact) mass is 348 g/mol. The van der Waals surface area contributed by atoms with Crippen molar-refractivity contribution in [3.8, 4) is 0 Å². The van der Waals surface area contributed by atoms with Gasteiger partial charge in [-0.1, -0.05) is 0 Å². The standard InChI is InChI=1S/C16H24N6O3/c1-11-18-16(20-19-11)12-4-7-25-13(12)8-22(3)15(23)10-24-9-14-17-5-6-21(14)2/h5-6,12-13H,4,7-10H2,1-3H3,(H,18,19,20)/t12-,13-/m1/s1. The number of likely N-dealkylation sites (N-methyl/N-ethyl adjacent to an activating group) is 1. The van der Waals surface area contributed by atoms with Gasteiger partial charge in [0.15, 0.2) is 5.82 Å². The number of nitrogens with zero attached hydrogens (tertiary/aromatic N) is 5. The van der Waals surface area contributed by atoms with Gasteiger partial charge in [-0.15, -0.1) is 0 Å². The molecule has 1 fully saturated rings. The van der Waals surface area contributed by atoms with Crippen molar-refractivity contribution < 1.29 is 14.3 Å². The molecule has 136 valence electrons. The molecule has 0 unspecified atom stereocenters. The van der Waals surface area contributed by atoms with Crippen molar-refractivity contribution in [1.29, 1.82) is 0 Å². The zero-order valence-electron chi connectivity index (χ0n) is 14.8. The molecule has 0 spiro atoms. The molecular formula is C16H24N6O3. The molecule has 1 saturated heterocycles. The molecule has 2 aromatic rings. The quantitative estimate of drug-likeness (QED) is 0.777. The zero-order chi connectivity index (χ0) is 17.8. The molecular weight excluding hydrogens is 324 g/mol. The number of amides is 1. The molecule has 2 aromatic heterocycles. The van der Waals surface area contributed by atoms with E-state index < -0.39 is 0 Å². The van der Waals surface area contributed by atoms with Crippen molar-refractivity contribution in [2.24, 2.45) is 7.05 Å². The Morgan fingerprint density at radius 2 is 2.40 bits per heavy atom. The van der Waals surface area contributed by atoms with E-state index in [1.807, 2.05) is 24.7 Å². The number of ether oxygens (including phenoxy) is 2. The molecule has 9 heteroatoms. The first-order valence-electron chi connectivity index (χ1n) is 8.33. The number of carbonyl (C=O) groups excluding carboxylic acids is 1. The van der Waals surface area contributed by atoms with Gasteiger partial charge in [0, 0.05) is 39.6 Å². The van der Waals surface area contributed by atoms with Crippen LogP contribution in [0.25, 0.3) is 0 Å². The Balaban J connectivity index is 1.48. The summed E-state index contributed by atoms with van der Waals surface area (Å²) in [6, 6.07) is 0. The Morgan fingerprint density at radius 1 is 1.56 bits per heavy atom. The van der Waals surface area contributed by atoms with Gasteiger partial charge in [0.2, 0.25) is 5.91 Å². The molecule has 3 rings (SSSR count). The second kappa shape index (κ2) is 7.75. The summed E-state index contributed by atoms with van der Waals surface area (Å²) >= 11 is 0. The van der Waals surface area contributed by atoms with E-state index in [2.05, 4.69) is 20.2 Å². The van der Waals surface area contributed by atoms with E-state index in [0.29, 0.717) is 19.8 Å². The third-order valence-electron chi connectivity index (χ3n) is 4.41. The Kier molecular flexibility index (Phi) is 5.44. The van der Waals surface area contributed by atoms with Gasteiger partial charge in [-0.3, -0.25) is 9.89 Å². The number of hydrogen-bond acceptors (Lipinski definition) is 6. The van der Waals surface area contributed by atoms with Crippen molar-refractivity contribution in [1.82, 2.24) is 29.6 Å². The van der Waals surface area contributed by atoms with Gasteiger partial charge in [-0.2, -0.15) is 5.10 Å². The molecule has 1 aliphatic rings. The minimum atomic E-state index is -0.0984. The van der Waals surface area contributed by atoms with E-state index in [4.69, 9.17) is 9.47 Å². The second-order valence-corrected chi connectivity index (χ2v) is 6.30. The SMILES string of the molecule is Cc1nc([C@@H]2CCO[C@@H]2CN(C)C(=O)COCc2nccn2C)n[nH]1. The van der Waals surface area contributed by atoms with Crippen LogP contribution in [0.15, 0.2) is 12.4 Å². The number of hydrogen-bond donors (Lipinski definition) is 1. The van der Waals surface area contributed by atoms with Crippen LogP contribution in [0.2, 0.25) is 0 Å². The molecule has 2 atom stereocenters. The number of nitrogens with one attached hydrogen (secondary N) is 1. The van der Waals surface area contributed by atoms with Gasteiger partial charge in [0.25, 0.3) is 0 Å². The molecule has 0 bridgehead atoms. The van der Waals surface area contributed by atoms with Crippen LogP contribution in [0.4, 0.5) is 0 Å². The number of H-pyrrole nitrogens is 1. The average molecular weight is 348 g/mol. The fourth-order valence-electron chi connectivity index (χ4n) is 2.90. The maximum atomic E-state index is 12.3. The van der Waals surface area contributed by atoms with Gasteiger partial charge in [0.1, 0.15) is 24.9 Å². The Morgan fingerprint density at radius 3 is 3.08 bits per heavy atom. The number of aryl methyl sites for hydroxylation is 2. The number of aromatic amines is 1. The normalized spacial score (nSPS) is 20.1. The van der Waals surface area contributed by atoms with Crippen molar-refractivity contribution in [3.63, 3.8) is 0 Å². The van der Waals surface area contributed by atoms with Gasteiger partial charge >= 0.3 is 0 Å². The van der Waals surface area contributed by atoms with E-state index in [1.165, 1.54) is 0 Å². The van der Waals surface area contributed by atoms with E-state index in [-0.39, 0.29) is 24.5 Å². The van der Waals surface area contributed by atoms with E-state index >= 15 is 0 Å². The first kappa shape index (κ1) is 17.6. The summed E-state index contributed by atoms with van der Waals surface area (Å²) in [6.07, 6.45) is 4.31. The summed E-state index contributed by atoms with van der Waals surface area (Å²) in [5.41, 5.74) is 0.